The van der Waals surface area contributed by atoms with Crippen molar-refractivity contribution in [2.75, 3.05) is 24.1 Å². The Bertz CT molecular complexity index is 1290. The number of hydrogen-bond donors (Lipinski definition) is 2. The number of amides is 2. The van der Waals surface area contributed by atoms with Crippen molar-refractivity contribution >= 4 is 29.5 Å². The molecular weight excluding hydrogens is 406 g/mol. The highest BCUT2D eigenvalue weighted by Crippen LogP contribution is 2.33. The van der Waals surface area contributed by atoms with E-state index >= 15 is 0 Å². The van der Waals surface area contributed by atoms with Crippen molar-refractivity contribution < 1.29 is 9.59 Å². The fraction of sp³-hybridized carbons (Fsp3) is 0.174. The number of anilines is 2. The molecule has 3 aromatic heterocycles. The van der Waals surface area contributed by atoms with Gasteiger partial charge in [0.1, 0.15) is 28.7 Å². The van der Waals surface area contributed by atoms with E-state index in [9.17, 15) is 9.59 Å². The molecule has 32 heavy (non-hydrogen) atoms. The lowest BCUT2D eigenvalue weighted by Gasteiger charge is -2.09. The number of nitrogen functional groups attached to an aromatic ring is 1. The second-order valence-electron chi connectivity index (χ2n) is 7.68. The molecule has 2 amide bonds. The van der Waals surface area contributed by atoms with Gasteiger partial charge in [-0.15, -0.1) is 0 Å². The van der Waals surface area contributed by atoms with Gasteiger partial charge in [-0.1, -0.05) is 18.2 Å². The summed E-state index contributed by atoms with van der Waals surface area (Å²) in [6, 6.07) is 12.5. The molecule has 1 fully saturated rings. The summed E-state index contributed by atoms with van der Waals surface area (Å²) >= 11 is 0. The minimum Gasteiger partial charge on any atom is -0.382 e. The number of nitrogens with two attached hydrogens (primary N) is 1. The molecule has 1 saturated heterocycles. The van der Waals surface area contributed by atoms with E-state index in [4.69, 9.17) is 10.7 Å². The predicted molar refractivity (Wildman–Crippen MR) is 120 cm³/mol. The minimum atomic E-state index is -0.244. The van der Waals surface area contributed by atoms with Gasteiger partial charge in [-0.05, 0) is 30.7 Å². The maximum Gasteiger partial charge on any atom is 0.256 e. The van der Waals surface area contributed by atoms with Gasteiger partial charge in [0, 0.05) is 48.7 Å². The Labute approximate surface area is 183 Å². The molecule has 1 atom stereocenters. The van der Waals surface area contributed by atoms with E-state index in [0.29, 0.717) is 36.0 Å². The maximum absolute atomic E-state index is 12.5. The number of nitrogens with zero attached hydrogens (tertiary/aromatic N) is 5. The zero-order valence-electron chi connectivity index (χ0n) is 17.2. The summed E-state index contributed by atoms with van der Waals surface area (Å²) in [7, 11) is 0. The third-order valence-electron chi connectivity index (χ3n) is 5.67. The first kappa shape index (κ1) is 19.7. The first-order valence-corrected chi connectivity index (χ1v) is 10.3. The zero-order chi connectivity index (χ0) is 22.1. The zero-order valence-corrected chi connectivity index (χ0v) is 17.2. The molecule has 4 aromatic rings. The number of carbonyl (C=O) groups excluding carboxylic acids is 2. The smallest absolute Gasteiger partial charge is 0.256 e. The molecule has 0 spiro atoms. The summed E-state index contributed by atoms with van der Waals surface area (Å²) < 4.78 is 1.96. The SMILES string of the molecule is Nc1nccn2c([C@@H]3CCN(C=O)C3)nc(-c3ccc(C(=O)Nc4ccccn4)cc3)c12. The van der Waals surface area contributed by atoms with Crippen LogP contribution in [0.4, 0.5) is 11.6 Å². The summed E-state index contributed by atoms with van der Waals surface area (Å²) in [4.78, 5) is 38.7. The van der Waals surface area contributed by atoms with Gasteiger partial charge in [0.05, 0.1) is 0 Å². The number of pyridine rings is 1. The summed E-state index contributed by atoms with van der Waals surface area (Å²) in [6.45, 7) is 1.33. The van der Waals surface area contributed by atoms with E-state index in [-0.39, 0.29) is 11.8 Å². The lowest BCUT2D eigenvalue weighted by molar-refractivity contribution is -0.117. The molecule has 0 aliphatic carbocycles. The largest absolute Gasteiger partial charge is 0.382 e. The first-order valence-electron chi connectivity index (χ1n) is 10.3. The van der Waals surface area contributed by atoms with Gasteiger partial charge in [-0.25, -0.2) is 15.0 Å². The molecule has 0 radical (unpaired) electrons. The second-order valence-corrected chi connectivity index (χ2v) is 7.68. The Morgan fingerprint density at radius 1 is 1.12 bits per heavy atom. The summed E-state index contributed by atoms with van der Waals surface area (Å²) in [5.74, 6) is 1.60. The molecule has 5 rings (SSSR count). The van der Waals surface area contributed by atoms with E-state index in [2.05, 4.69) is 15.3 Å². The monoisotopic (exact) mass is 427 g/mol. The number of carbonyl (C=O) groups is 2. The van der Waals surface area contributed by atoms with Crippen LogP contribution in [0.15, 0.2) is 61.1 Å². The number of aromatic nitrogens is 4. The van der Waals surface area contributed by atoms with Crippen LogP contribution in [-0.4, -0.2) is 49.7 Å². The molecule has 0 unspecified atom stereocenters. The Hall–Kier alpha value is -4.27. The van der Waals surface area contributed by atoms with E-state index in [0.717, 1.165) is 29.7 Å². The van der Waals surface area contributed by atoms with Gasteiger partial charge in [-0.3, -0.25) is 14.0 Å². The topological polar surface area (TPSA) is 119 Å². The molecule has 9 nitrogen and oxygen atoms in total. The van der Waals surface area contributed by atoms with Crippen molar-refractivity contribution in [2.45, 2.75) is 12.3 Å². The van der Waals surface area contributed by atoms with Crippen LogP contribution >= 0.6 is 0 Å². The minimum absolute atomic E-state index is 0.117. The predicted octanol–water partition coefficient (Wildman–Crippen LogP) is 2.57. The van der Waals surface area contributed by atoms with E-state index in [1.165, 1.54) is 0 Å². The van der Waals surface area contributed by atoms with Crippen LogP contribution in [0, 0.1) is 0 Å². The first-order chi connectivity index (χ1) is 15.6. The number of likely N-dealkylation sites (tertiary alicyclic amines) is 1. The Kier molecular flexibility index (Phi) is 4.98. The normalized spacial score (nSPS) is 15.8. The van der Waals surface area contributed by atoms with Crippen LogP contribution in [0.5, 0.6) is 0 Å². The fourth-order valence-electron chi connectivity index (χ4n) is 4.07. The van der Waals surface area contributed by atoms with Crippen LogP contribution in [-0.2, 0) is 4.79 Å². The second kappa shape index (κ2) is 8.10. The van der Waals surface area contributed by atoms with Crippen LogP contribution in [0.1, 0.15) is 28.5 Å². The molecule has 1 aliphatic heterocycles. The highest BCUT2D eigenvalue weighted by molar-refractivity contribution is 6.04. The summed E-state index contributed by atoms with van der Waals surface area (Å²) in [5, 5.41) is 2.77. The average molecular weight is 427 g/mol. The van der Waals surface area contributed by atoms with Crippen LogP contribution in [0.2, 0.25) is 0 Å². The van der Waals surface area contributed by atoms with E-state index in [1.54, 1.807) is 41.6 Å². The van der Waals surface area contributed by atoms with Crippen LogP contribution < -0.4 is 11.1 Å². The molecule has 0 bridgehead atoms. The Balaban J connectivity index is 1.48. The standard InChI is InChI=1S/C23H21N7O2/c24-21-20-19(28-22(30(20)12-10-26-21)17-8-11-29(13-17)14-31)15-4-6-16(7-5-15)23(32)27-18-3-1-2-9-25-18/h1-7,9-10,12,14,17H,8,11,13H2,(H2,24,26)(H,25,27,32)/t17-/m1/s1. The van der Waals surface area contributed by atoms with Crippen molar-refractivity contribution in [1.82, 2.24) is 24.3 Å². The number of fused-ring (bicyclic) bond motifs is 1. The highest BCUT2D eigenvalue weighted by Gasteiger charge is 2.28. The van der Waals surface area contributed by atoms with Crippen LogP contribution in [0.3, 0.4) is 0 Å². The molecule has 9 heteroatoms. The third kappa shape index (κ3) is 3.53. The molecule has 1 aromatic carbocycles. The molecule has 4 heterocycles. The summed E-state index contributed by atoms with van der Waals surface area (Å²) in [5.41, 5.74) is 8.97. The maximum atomic E-state index is 12.5. The van der Waals surface area contributed by atoms with Gasteiger partial charge < -0.3 is 16.0 Å². The van der Waals surface area contributed by atoms with Crippen molar-refractivity contribution in [1.29, 1.82) is 0 Å². The number of nitrogens with one attached hydrogen (secondary N) is 1. The van der Waals surface area contributed by atoms with E-state index < -0.39 is 0 Å². The van der Waals surface area contributed by atoms with Gasteiger partial charge in [0.25, 0.3) is 5.91 Å². The molecule has 160 valence electrons. The lowest BCUT2D eigenvalue weighted by Crippen LogP contribution is -2.18. The van der Waals surface area contributed by atoms with E-state index in [1.807, 2.05) is 28.8 Å². The number of imidazole rings is 1. The molecular formula is C23H21N7O2. The Morgan fingerprint density at radius 2 is 1.97 bits per heavy atom. The van der Waals surface area contributed by atoms with Crippen molar-refractivity contribution in [2.24, 2.45) is 0 Å². The van der Waals surface area contributed by atoms with Crippen molar-refractivity contribution in [3.63, 3.8) is 0 Å². The summed E-state index contributed by atoms with van der Waals surface area (Å²) in [6.07, 6.45) is 6.83. The third-order valence-corrected chi connectivity index (χ3v) is 5.67. The molecule has 0 saturated carbocycles. The van der Waals surface area contributed by atoms with Gasteiger partial charge >= 0.3 is 0 Å². The number of benzene rings is 1. The Morgan fingerprint density at radius 3 is 2.69 bits per heavy atom. The molecule has 1 aliphatic rings. The van der Waals surface area contributed by atoms with Gasteiger partial charge in [0.15, 0.2) is 0 Å². The van der Waals surface area contributed by atoms with Gasteiger partial charge in [0.2, 0.25) is 6.41 Å². The quantitative estimate of drug-likeness (QED) is 0.473. The van der Waals surface area contributed by atoms with Crippen LogP contribution in [0.25, 0.3) is 16.8 Å². The molecule has 3 N–H and O–H groups in total. The van der Waals surface area contributed by atoms with Crippen molar-refractivity contribution in [3.05, 3.63) is 72.4 Å². The van der Waals surface area contributed by atoms with Gasteiger partial charge in [-0.2, -0.15) is 0 Å². The highest BCUT2D eigenvalue weighted by atomic mass is 16.1. The number of rotatable bonds is 5. The average Bonchev–Trinajstić information content (AvgIpc) is 3.45. The van der Waals surface area contributed by atoms with Crippen molar-refractivity contribution in [3.8, 4) is 11.3 Å². The number of hydrogen-bond acceptors (Lipinski definition) is 6. The fourth-order valence-corrected chi connectivity index (χ4v) is 4.07. The lowest BCUT2D eigenvalue weighted by atomic mass is 10.1.